The maximum Gasteiger partial charge on any atom is 0.339 e. The van der Waals surface area contributed by atoms with Crippen LogP contribution < -0.4 is 9.64 Å². The van der Waals surface area contributed by atoms with Crippen LogP contribution in [0, 0.1) is 0 Å². The Hall–Kier alpha value is -2.43. The number of benzene rings is 1. The molecule has 0 aliphatic carbocycles. The van der Waals surface area contributed by atoms with E-state index in [0.29, 0.717) is 11.5 Å². The maximum absolute atomic E-state index is 10.9. The van der Waals surface area contributed by atoms with E-state index in [0.717, 1.165) is 5.69 Å². The van der Waals surface area contributed by atoms with Crippen LogP contribution in [0.2, 0.25) is 0 Å². The summed E-state index contributed by atoms with van der Waals surface area (Å²) in [6.07, 6.45) is 1.35. The molecule has 2 aromatic rings. The Bertz CT molecular complexity index is 574. The molecule has 1 N–H and O–H groups in total. The summed E-state index contributed by atoms with van der Waals surface area (Å²) in [4.78, 5) is 12.9. The molecule has 0 saturated heterocycles. The molecule has 0 atom stereocenters. The summed E-state index contributed by atoms with van der Waals surface area (Å²) in [7, 11) is 3.88. The van der Waals surface area contributed by atoms with Gasteiger partial charge in [0.2, 0.25) is 0 Å². The summed E-state index contributed by atoms with van der Waals surface area (Å²) >= 11 is 0. The summed E-state index contributed by atoms with van der Waals surface area (Å²) in [5.41, 5.74) is 1.14. The fourth-order valence-corrected chi connectivity index (χ4v) is 1.64. The molecule has 1 heterocycles. The van der Waals surface area contributed by atoms with Gasteiger partial charge < -0.3 is 19.2 Å². The lowest BCUT2D eigenvalue weighted by molar-refractivity contribution is 0.0692. The molecular weight excluding hydrogens is 246 g/mol. The minimum atomic E-state index is -1.02. The lowest BCUT2D eigenvalue weighted by atomic mass is 10.2. The standard InChI is InChI=1S/C14H15NO4/c1-15(2)10-4-3-5-11(8-10)19-9-13-12(14(16)17)6-7-18-13/h3-8H,9H2,1-2H3,(H,16,17). The molecule has 0 radical (unpaired) electrons. The minimum Gasteiger partial charge on any atom is -0.486 e. The number of hydrogen-bond donors (Lipinski definition) is 1. The van der Waals surface area contributed by atoms with Gasteiger partial charge in [0, 0.05) is 25.8 Å². The van der Waals surface area contributed by atoms with Crippen molar-refractivity contribution in [3.8, 4) is 5.75 Å². The summed E-state index contributed by atoms with van der Waals surface area (Å²) in [6.45, 7) is 0.0888. The molecule has 19 heavy (non-hydrogen) atoms. The highest BCUT2D eigenvalue weighted by Gasteiger charge is 2.13. The third-order valence-corrected chi connectivity index (χ3v) is 2.68. The number of nitrogens with zero attached hydrogens (tertiary/aromatic N) is 1. The van der Waals surface area contributed by atoms with Gasteiger partial charge in [-0.2, -0.15) is 0 Å². The average molecular weight is 261 g/mol. The quantitative estimate of drug-likeness (QED) is 0.896. The van der Waals surface area contributed by atoms with Gasteiger partial charge in [0.05, 0.1) is 6.26 Å². The van der Waals surface area contributed by atoms with E-state index in [-0.39, 0.29) is 12.2 Å². The van der Waals surface area contributed by atoms with Crippen LogP contribution in [-0.2, 0) is 6.61 Å². The molecule has 0 amide bonds. The Morgan fingerprint density at radius 2 is 2.16 bits per heavy atom. The first-order chi connectivity index (χ1) is 9.08. The second kappa shape index (κ2) is 5.48. The second-order valence-electron chi connectivity index (χ2n) is 4.24. The Morgan fingerprint density at radius 3 is 2.84 bits per heavy atom. The van der Waals surface area contributed by atoms with Gasteiger partial charge in [-0.25, -0.2) is 4.79 Å². The minimum absolute atomic E-state index is 0.0888. The second-order valence-corrected chi connectivity index (χ2v) is 4.24. The summed E-state index contributed by atoms with van der Waals surface area (Å²) in [5.74, 6) is -0.0453. The molecule has 0 bridgehead atoms. The molecule has 0 spiro atoms. The molecule has 2 rings (SSSR count). The molecule has 0 saturated carbocycles. The average Bonchev–Trinajstić information content (AvgIpc) is 2.85. The molecule has 100 valence electrons. The van der Waals surface area contributed by atoms with E-state index in [4.69, 9.17) is 14.3 Å². The topological polar surface area (TPSA) is 62.9 Å². The van der Waals surface area contributed by atoms with E-state index in [1.807, 2.05) is 43.3 Å². The molecule has 0 aliphatic rings. The van der Waals surface area contributed by atoms with Crippen molar-refractivity contribution in [2.75, 3.05) is 19.0 Å². The highest BCUT2D eigenvalue weighted by atomic mass is 16.5. The first kappa shape index (κ1) is 13.0. The van der Waals surface area contributed by atoms with E-state index in [1.54, 1.807) is 0 Å². The van der Waals surface area contributed by atoms with Crippen molar-refractivity contribution < 1.29 is 19.1 Å². The van der Waals surface area contributed by atoms with Gasteiger partial charge in [-0.3, -0.25) is 0 Å². The SMILES string of the molecule is CN(C)c1cccc(OCc2occc2C(=O)O)c1. The fourth-order valence-electron chi connectivity index (χ4n) is 1.64. The van der Waals surface area contributed by atoms with Gasteiger partial charge in [-0.05, 0) is 18.2 Å². The molecule has 5 heteroatoms. The van der Waals surface area contributed by atoms with Crippen molar-refractivity contribution in [3.05, 3.63) is 47.9 Å². The lowest BCUT2D eigenvalue weighted by Crippen LogP contribution is -2.08. The zero-order chi connectivity index (χ0) is 13.8. The first-order valence-electron chi connectivity index (χ1n) is 5.78. The molecule has 0 unspecified atom stereocenters. The molecule has 1 aromatic carbocycles. The third-order valence-electron chi connectivity index (χ3n) is 2.68. The molecule has 5 nitrogen and oxygen atoms in total. The maximum atomic E-state index is 10.9. The lowest BCUT2D eigenvalue weighted by Gasteiger charge is -2.13. The number of rotatable bonds is 5. The monoisotopic (exact) mass is 261 g/mol. The summed E-state index contributed by atoms with van der Waals surface area (Å²) in [6, 6.07) is 8.95. The van der Waals surface area contributed by atoms with Crippen LogP contribution in [0.25, 0.3) is 0 Å². The largest absolute Gasteiger partial charge is 0.486 e. The Morgan fingerprint density at radius 1 is 1.37 bits per heavy atom. The van der Waals surface area contributed by atoms with Gasteiger partial charge >= 0.3 is 5.97 Å². The van der Waals surface area contributed by atoms with Crippen molar-refractivity contribution in [3.63, 3.8) is 0 Å². The van der Waals surface area contributed by atoms with Crippen molar-refractivity contribution in [2.24, 2.45) is 0 Å². The van der Waals surface area contributed by atoms with Crippen molar-refractivity contribution in [1.29, 1.82) is 0 Å². The Balaban J connectivity index is 2.08. The van der Waals surface area contributed by atoms with Crippen LogP contribution in [0.4, 0.5) is 5.69 Å². The number of ether oxygens (including phenoxy) is 1. The number of furan rings is 1. The van der Waals surface area contributed by atoms with Gasteiger partial charge in [0.25, 0.3) is 0 Å². The zero-order valence-corrected chi connectivity index (χ0v) is 10.8. The number of hydrogen-bond acceptors (Lipinski definition) is 4. The van der Waals surface area contributed by atoms with Crippen LogP contribution in [0.5, 0.6) is 5.75 Å². The Kier molecular flexibility index (Phi) is 3.75. The number of carboxylic acids is 1. The fraction of sp³-hybridized carbons (Fsp3) is 0.214. The molecular formula is C14H15NO4. The van der Waals surface area contributed by atoms with E-state index in [9.17, 15) is 4.79 Å². The molecule has 1 aromatic heterocycles. The van der Waals surface area contributed by atoms with Gasteiger partial charge in [0.15, 0.2) is 5.76 Å². The van der Waals surface area contributed by atoms with Gasteiger partial charge in [-0.15, -0.1) is 0 Å². The van der Waals surface area contributed by atoms with Crippen LogP contribution in [-0.4, -0.2) is 25.2 Å². The third kappa shape index (κ3) is 3.07. The molecule has 0 aliphatic heterocycles. The number of carbonyl (C=O) groups is 1. The molecule has 0 fully saturated rings. The van der Waals surface area contributed by atoms with Gasteiger partial charge in [-0.1, -0.05) is 6.07 Å². The predicted molar refractivity (Wildman–Crippen MR) is 70.8 cm³/mol. The van der Waals surface area contributed by atoms with Gasteiger partial charge in [0.1, 0.15) is 17.9 Å². The van der Waals surface area contributed by atoms with Crippen molar-refractivity contribution in [2.45, 2.75) is 6.61 Å². The predicted octanol–water partition coefficient (Wildman–Crippen LogP) is 2.62. The summed E-state index contributed by atoms with van der Waals surface area (Å²) < 4.78 is 10.7. The van der Waals surface area contributed by atoms with Crippen LogP contribution >= 0.6 is 0 Å². The van der Waals surface area contributed by atoms with Crippen molar-refractivity contribution in [1.82, 2.24) is 0 Å². The smallest absolute Gasteiger partial charge is 0.339 e. The van der Waals surface area contributed by atoms with E-state index >= 15 is 0 Å². The first-order valence-corrected chi connectivity index (χ1v) is 5.78. The highest BCUT2D eigenvalue weighted by Crippen LogP contribution is 2.21. The number of anilines is 1. The normalized spacial score (nSPS) is 10.2. The van der Waals surface area contributed by atoms with E-state index in [1.165, 1.54) is 12.3 Å². The summed E-state index contributed by atoms with van der Waals surface area (Å²) in [5, 5.41) is 8.95. The van der Waals surface area contributed by atoms with E-state index < -0.39 is 5.97 Å². The van der Waals surface area contributed by atoms with Crippen LogP contribution in [0.1, 0.15) is 16.1 Å². The highest BCUT2D eigenvalue weighted by molar-refractivity contribution is 5.88. The van der Waals surface area contributed by atoms with Crippen molar-refractivity contribution >= 4 is 11.7 Å². The number of aromatic carboxylic acids is 1. The van der Waals surface area contributed by atoms with Crippen LogP contribution in [0.3, 0.4) is 0 Å². The number of carboxylic acid groups (broad SMARTS) is 1. The van der Waals surface area contributed by atoms with E-state index in [2.05, 4.69) is 0 Å². The zero-order valence-electron chi connectivity index (χ0n) is 10.8. The Labute approximate surface area is 111 Å². The van der Waals surface area contributed by atoms with Crippen LogP contribution in [0.15, 0.2) is 41.0 Å².